The van der Waals surface area contributed by atoms with Crippen LogP contribution in [0.4, 0.5) is 16.2 Å². The molecule has 144 valence electrons. The summed E-state index contributed by atoms with van der Waals surface area (Å²) in [5, 5.41) is 4.03. The summed E-state index contributed by atoms with van der Waals surface area (Å²) in [6.07, 6.45) is 1.74. The first kappa shape index (κ1) is 18.1. The molecular formula is C22H24N4O2. The van der Waals surface area contributed by atoms with E-state index in [1.54, 1.807) is 6.20 Å². The summed E-state index contributed by atoms with van der Waals surface area (Å²) in [5.41, 5.74) is 2.71. The van der Waals surface area contributed by atoms with Gasteiger partial charge in [-0.05, 0) is 43.3 Å². The number of hydrogen-bond donors (Lipinski definition) is 1. The Bertz CT molecular complexity index is 945. The van der Waals surface area contributed by atoms with E-state index in [-0.39, 0.29) is 6.03 Å². The number of hydrogen-bond acceptors (Lipinski definition) is 4. The Balaban J connectivity index is 1.37. The van der Waals surface area contributed by atoms with Crippen molar-refractivity contribution in [2.24, 2.45) is 0 Å². The lowest BCUT2D eigenvalue weighted by Crippen LogP contribution is -2.50. The van der Waals surface area contributed by atoms with Crippen LogP contribution >= 0.6 is 0 Å². The number of para-hydroxylation sites is 1. The summed E-state index contributed by atoms with van der Waals surface area (Å²) >= 11 is 0. The van der Waals surface area contributed by atoms with Gasteiger partial charge in [-0.1, -0.05) is 18.2 Å². The number of fused-ring (bicyclic) bond motifs is 1. The Morgan fingerprint density at radius 2 is 1.79 bits per heavy atom. The van der Waals surface area contributed by atoms with Crippen LogP contribution in [0.15, 0.2) is 60.8 Å². The van der Waals surface area contributed by atoms with Crippen LogP contribution in [0.5, 0.6) is 5.75 Å². The van der Waals surface area contributed by atoms with Gasteiger partial charge in [-0.2, -0.15) is 0 Å². The summed E-state index contributed by atoms with van der Waals surface area (Å²) in [6, 6.07) is 17.8. The van der Waals surface area contributed by atoms with Crippen LogP contribution in [0.2, 0.25) is 0 Å². The molecule has 1 aliphatic heterocycles. The van der Waals surface area contributed by atoms with Gasteiger partial charge in [0, 0.05) is 43.4 Å². The first-order chi connectivity index (χ1) is 13.7. The van der Waals surface area contributed by atoms with Crippen LogP contribution in [-0.2, 0) is 0 Å². The van der Waals surface area contributed by atoms with E-state index in [1.807, 2.05) is 54.3 Å². The van der Waals surface area contributed by atoms with Crippen LogP contribution in [0.1, 0.15) is 6.92 Å². The SMILES string of the molecule is CCOc1ccc(N2CCN(C(=O)Nc3cccc4cccnc34)CC2)cc1. The second kappa shape index (κ2) is 8.17. The number of anilines is 2. The molecule has 1 aromatic heterocycles. The zero-order chi connectivity index (χ0) is 19.3. The molecule has 6 nitrogen and oxygen atoms in total. The highest BCUT2D eigenvalue weighted by Crippen LogP contribution is 2.23. The van der Waals surface area contributed by atoms with Gasteiger partial charge in [-0.25, -0.2) is 4.79 Å². The van der Waals surface area contributed by atoms with Gasteiger partial charge in [0.25, 0.3) is 0 Å². The van der Waals surface area contributed by atoms with E-state index in [9.17, 15) is 4.79 Å². The lowest BCUT2D eigenvalue weighted by atomic mass is 10.2. The van der Waals surface area contributed by atoms with Crippen molar-refractivity contribution >= 4 is 28.3 Å². The molecule has 2 aromatic carbocycles. The monoisotopic (exact) mass is 376 g/mol. The highest BCUT2D eigenvalue weighted by atomic mass is 16.5. The molecule has 0 saturated carbocycles. The summed E-state index contributed by atoms with van der Waals surface area (Å²) in [7, 11) is 0. The van der Waals surface area contributed by atoms with Gasteiger partial charge >= 0.3 is 6.03 Å². The molecule has 3 aromatic rings. The average molecular weight is 376 g/mol. The summed E-state index contributed by atoms with van der Waals surface area (Å²) in [6.45, 7) is 5.60. The quantitative estimate of drug-likeness (QED) is 0.748. The molecule has 1 N–H and O–H groups in total. The van der Waals surface area contributed by atoms with Crippen molar-refractivity contribution in [1.82, 2.24) is 9.88 Å². The predicted octanol–water partition coefficient (Wildman–Crippen LogP) is 3.99. The number of pyridine rings is 1. The second-order valence-electron chi connectivity index (χ2n) is 6.71. The molecule has 1 aliphatic rings. The minimum absolute atomic E-state index is 0.0792. The zero-order valence-corrected chi connectivity index (χ0v) is 16.0. The van der Waals surface area contributed by atoms with Gasteiger partial charge in [0.2, 0.25) is 0 Å². The number of rotatable bonds is 4. The maximum Gasteiger partial charge on any atom is 0.322 e. The van der Waals surface area contributed by atoms with Gasteiger partial charge in [-0.3, -0.25) is 4.98 Å². The number of carbonyl (C=O) groups is 1. The fourth-order valence-electron chi connectivity index (χ4n) is 3.49. The maximum absolute atomic E-state index is 12.7. The number of benzene rings is 2. The highest BCUT2D eigenvalue weighted by molar-refractivity contribution is 5.99. The molecule has 2 heterocycles. The molecule has 0 atom stereocenters. The molecule has 0 spiro atoms. The van der Waals surface area contributed by atoms with Crippen molar-refractivity contribution in [3.05, 3.63) is 60.8 Å². The molecule has 6 heteroatoms. The van der Waals surface area contributed by atoms with Crippen LogP contribution in [0.25, 0.3) is 10.9 Å². The number of urea groups is 1. The third-order valence-corrected chi connectivity index (χ3v) is 4.95. The topological polar surface area (TPSA) is 57.7 Å². The zero-order valence-electron chi connectivity index (χ0n) is 16.0. The van der Waals surface area contributed by atoms with Crippen molar-refractivity contribution in [3.8, 4) is 5.75 Å². The van der Waals surface area contributed by atoms with Crippen molar-refractivity contribution in [2.45, 2.75) is 6.92 Å². The van der Waals surface area contributed by atoms with Gasteiger partial charge in [0.15, 0.2) is 0 Å². The maximum atomic E-state index is 12.7. The minimum atomic E-state index is -0.0792. The van der Waals surface area contributed by atoms with E-state index in [1.165, 1.54) is 0 Å². The average Bonchev–Trinajstić information content (AvgIpc) is 2.75. The van der Waals surface area contributed by atoms with Gasteiger partial charge in [0.05, 0.1) is 17.8 Å². The molecule has 28 heavy (non-hydrogen) atoms. The standard InChI is InChI=1S/C22H24N4O2/c1-2-28-19-10-8-18(9-11-19)25-13-15-26(16-14-25)22(27)24-20-7-3-5-17-6-4-12-23-21(17)20/h3-12H,2,13-16H2,1H3,(H,24,27). The molecule has 0 radical (unpaired) electrons. The largest absolute Gasteiger partial charge is 0.494 e. The molecule has 4 rings (SSSR count). The van der Waals surface area contributed by atoms with E-state index in [4.69, 9.17) is 4.74 Å². The van der Waals surface area contributed by atoms with Crippen molar-refractivity contribution < 1.29 is 9.53 Å². The number of nitrogens with zero attached hydrogens (tertiary/aromatic N) is 3. The first-order valence-corrected chi connectivity index (χ1v) is 9.62. The summed E-state index contributed by atoms with van der Waals surface area (Å²) in [5.74, 6) is 0.882. The van der Waals surface area contributed by atoms with Gasteiger partial charge < -0.3 is 19.9 Å². The van der Waals surface area contributed by atoms with Crippen molar-refractivity contribution in [2.75, 3.05) is 43.0 Å². The Hall–Kier alpha value is -3.28. The highest BCUT2D eigenvalue weighted by Gasteiger charge is 2.22. The third-order valence-electron chi connectivity index (χ3n) is 4.95. The Morgan fingerprint density at radius 3 is 2.54 bits per heavy atom. The second-order valence-corrected chi connectivity index (χ2v) is 6.71. The molecule has 1 saturated heterocycles. The van der Waals surface area contributed by atoms with E-state index in [0.29, 0.717) is 19.7 Å². The van der Waals surface area contributed by atoms with Crippen LogP contribution < -0.4 is 15.0 Å². The van der Waals surface area contributed by atoms with Gasteiger partial charge in [-0.15, -0.1) is 0 Å². The Kier molecular flexibility index (Phi) is 5.28. The number of aromatic nitrogens is 1. The van der Waals surface area contributed by atoms with Crippen molar-refractivity contribution in [3.63, 3.8) is 0 Å². The first-order valence-electron chi connectivity index (χ1n) is 9.62. The smallest absolute Gasteiger partial charge is 0.322 e. The molecule has 0 unspecified atom stereocenters. The fourth-order valence-corrected chi connectivity index (χ4v) is 3.49. The fraction of sp³-hybridized carbons (Fsp3) is 0.273. The van der Waals surface area contributed by atoms with Crippen molar-refractivity contribution in [1.29, 1.82) is 0 Å². The van der Waals surface area contributed by atoms with Crippen LogP contribution in [-0.4, -0.2) is 48.7 Å². The normalized spacial score (nSPS) is 14.2. The number of amides is 2. The third kappa shape index (κ3) is 3.86. The van der Waals surface area contributed by atoms with Gasteiger partial charge in [0.1, 0.15) is 5.75 Å². The van der Waals surface area contributed by atoms with Crippen LogP contribution in [0.3, 0.4) is 0 Å². The predicted molar refractivity (Wildman–Crippen MR) is 112 cm³/mol. The molecule has 1 fully saturated rings. The number of nitrogens with one attached hydrogen (secondary N) is 1. The number of carbonyl (C=O) groups excluding carboxylic acids is 1. The molecule has 0 bridgehead atoms. The van der Waals surface area contributed by atoms with E-state index < -0.39 is 0 Å². The summed E-state index contributed by atoms with van der Waals surface area (Å²) < 4.78 is 5.50. The number of piperazine rings is 1. The van der Waals surface area contributed by atoms with E-state index in [0.717, 1.165) is 41.1 Å². The minimum Gasteiger partial charge on any atom is -0.494 e. The molecule has 0 aliphatic carbocycles. The Morgan fingerprint density at radius 1 is 1.04 bits per heavy atom. The lowest BCUT2D eigenvalue weighted by Gasteiger charge is -2.36. The van der Waals surface area contributed by atoms with E-state index >= 15 is 0 Å². The molecule has 2 amide bonds. The summed E-state index contributed by atoms with van der Waals surface area (Å²) in [4.78, 5) is 21.3. The Labute approximate surface area is 164 Å². The lowest BCUT2D eigenvalue weighted by molar-refractivity contribution is 0.208. The number of ether oxygens (including phenoxy) is 1. The molecular weight excluding hydrogens is 352 g/mol. The van der Waals surface area contributed by atoms with Crippen LogP contribution in [0, 0.1) is 0 Å². The van der Waals surface area contributed by atoms with E-state index in [2.05, 4.69) is 27.3 Å².